The van der Waals surface area contributed by atoms with Crippen molar-refractivity contribution in [2.45, 2.75) is 32.7 Å². The van der Waals surface area contributed by atoms with E-state index >= 15 is 0 Å². The number of rotatable bonds is 2. The molecule has 1 atom stereocenters. The van der Waals surface area contributed by atoms with Crippen molar-refractivity contribution in [3.8, 4) is 0 Å². The van der Waals surface area contributed by atoms with Gasteiger partial charge in [-0.15, -0.1) is 0 Å². The summed E-state index contributed by atoms with van der Waals surface area (Å²) >= 11 is 0. The topological polar surface area (TPSA) is 80.5 Å². The lowest BCUT2D eigenvalue weighted by Gasteiger charge is -2.48. The predicted molar refractivity (Wildman–Crippen MR) is 69.7 cm³/mol. The summed E-state index contributed by atoms with van der Waals surface area (Å²) in [5.41, 5.74) is 5.35. The molecule has 1 saturated carbocycles. The molecule has 0 spiro atoms. The van der Waals surface area contributed by atoms with Crippen LogP contribution in [0.3, 0.4) is 0 Å². The fraction of sp³-hybridized carbons (Fsp3) is 0.917. The molecule has 0 aromatic heterocycles. The number of amides is 1. The Kier molecular flexibility index (Phi) is 3.44. The molecule has 0 aromatic rings. The largest absolute Gasteiger partial charge is 0.337 e. The highest BCUT2D eigenvalue weighted by molar-refractivity contribution is 7.91. The average molecular weight is 274 g/mol. The minimum absolute atomic E-state index is 0.0606. The quantitative estimate of drug-likeness (QED) is 0.769. The van der Waals surface area contributed by atoms with E-state index in [1.807, 2.05) is 0 Å². The molecule has 1 heterocycles. The number of carbonyl (C=O) groups is 1. The second-order valence-electron chi connectivity index (χ2n) is 5.96. The maximum absolute atomic E-state index is 12.6. The zero-order valence-electron chi connectivity index (χ0n) is 11.1. The van der Waals surface area contributed by atoms with Gasteiger partial charge in [-0.05, 0) is 25.7 Å². The van der Waals surface area contributed by atoms with Gasteiger partial charge in [-0.25, -0.2) is 8.42 Å². The molecule has 18 heavy (non-hydrogen) atoms. The van der Waals surface area contributed by atoms with Crippen molar-refractivity contribution in [3.05, 3.63) is 0 Å². The molecule has 0 aromatic carbocycles. The van der Waals surface area contributed by atoms with Crippen LogP contribution in [0.15, 0.2) is 0 Å². The predicted octanol–water partition coefficient (Wildman–Crippen LogP) is 0.00690. The smallest absolute Gasteiger partial charge is 0.230 e. The maximum atomic E-state index is 12.6. The van der Waals surface area contributed by atoms with Crippen molar-refractivity contribution in [3.63, 3.8) is 0 Å². The lowest BCUT2D eigenvalue weighted by atomic mass is 9.61. The van der Waals surface area contributed by atoms with Gasteiger partial charge in [0, 0.05) is 19.1 Å². The highest BCUT2D eigenvalue weighted by Crippen LogP contribution is 2.46. The number of carbonyl (C=O) groups excluding carboxylic acids is 1. The second kappa shape index (κ2) is 4.49. The molecule has 2 rings (SSSR count). The summed E-state index contributed by atoms with van der Waals surface area (Å²) < 4.78 is 23.0. The molecule has 6 heteroatoms. The third-order valence-corrected chi connectivity index (χ3v) is 6.05. The summed E-state index contributed by atoms with van der Waals surface area (Å²) in [6, 6.07) is -0.226. The zero-order chi connectivity index (χ0) is 13.6. The lowest BCUT2D eigenvalue weighted by Crippen LogP contribution is -2.59. The molecular weight excluding hydrogens is 252 g/mol. The number of hydrogen-bond donors (Lipinski definition) is 1. The standard InChI is InChI=1S/C12H22N2O3S/c1-9-5-12(6-9,8-13)11(15)14-3-4-18(16,17)7-10(14)2/h9-10H,3-8,13H2,1-2H3. The highest BCUT2D eigenvalue weighted by atomic mass is 32.2. The lowest BCUT2D eigenvalue weighted by molar-refractivity contribution is -0.151. The van der Waals surface area contributed by atoms with Crippen LogP contribution in [0, 0.1) is 11.3 Å². The summed E-state index contributed by atoms with van der Waals surface area (Å²) in [4.78, 5) is 14.3. The molecule has 2 fully saturated rings. The summed E-state index contributed by atoms with van der Waals surface area (Å²) in [6.45, 7) is 4.61. The maximum Gasteiger partial charge on any atom is 0.230 e. The number of hydrogen-bond acceptors (Lipinski definition) is 4. The highest BCUT2D eigenvalue weighted by Gasteiger charge is 2.50. The Morgan fingerprint density at radius 1 is 1.39 bits per heavy atom. The van der Waals surface area contributed by atoms with Gasteiger partial charge in [-0.1, -0.05) is 6.92 Å². The van der Waals surface area contributed by atoms with Crippen LogP contribution in [0.4, 0.5) is 0 Å². The Bertz CT molecular complexity index is 440. The Balaban J connectivity index is 2.10. The Hall–Kier alpha value is -0.620. The van der Waals surface area contributed by atoms with E-state index in [9.17, 15) is 13.2 Å². The fourth-order valence-electron chi connectivity index (χ4n) is 3.31. The first-order valence-electron chi connectivity index (χ1n) is 6.51. The average Bonchev–Trinajstić information content (AvgIpc) is 2.22. The number of sulfone groups is 1. The van der Waals surface area contributed by atoms with Crippen LogP contribution in [0.25, 0.3) is 0 Å². The molecule has 5 nitrogen and oxygen atoms in total. The van der Waals surface area contributed by atoms with Crippen LogP contribution in [0.2, 0.25) is 0 Å². The van der Waals surface area contributed by atoms with Gasteiger partial charge in [0.25, 0.3) is 0 Å². The molecule has 0 radical (unpaired) electrons. The van der Waals surface area contributed by atoms with Crippen LogP contribution >= 0.6 is 0 Å². The number of nitrogens with zero attached hydrogens (tertiary/aromatic N) is 1. The fourth-order valence-corrected chi connectivity index (χ4v) is 4.86. The Labute approximate surface area is 109 Å². The minimum atomic E-state index is -2.98. The molecule has 1 amide bonds. The monoisotopic (exact) mass is 274 g/mol. The molecule has 2 aliphatic rings. The zero-order valence-corrected chi connectivity index (χ0v) is 11.9. The first-order chi connectivity index (χ1) is 8.30. The van der Waals surface area contributed by atoms with E-state index in [-0.39, 0.29) is 23.5 Å². The van der Waals surface area contributed by atoms with E-state index < -0.39 is 15.3 Å². The minimum Gasteiger partial charge on any atom is -0.337 e. The Morgan fingerprint density at radius 3 is 2.44 bits per heavy atom. The van der Waals surface area contributed by atoms with Crippen LogP contribution in [-0.2, 0) is 14.6 Å². The SMILES string of the molecule is CC1CC(CN)(C(=O)N2CCS(=O)(=O)CC2C)C1. The van der Waals surface area contributed by atoms with Crippen molar-refractivity contribution >= 4 is 15.7 Å². The summed E-state index contributed by atoms with van der Waals surface area (Å²) in [5, 5.41) is 0. The normalized spacial score (nSPS) is 39.2. The molecule has 1 saturated heterocycles. The summed E-state index contributed by atoms with van der Waals surface area (Å²) in [7, 11) is -2.98. The molecule has 1 aliphatic heterocycles. The molecule has 104 valence electrons. The van der Waals surface area contributed by atoms with Gasteiger partial charge in [0.15, 0.2) is 9.84 Å². The van der Waals surface area contributed by atoms with E-state index in [0.717, 1.165) is 12.8 Å². The van der Waals surface area contributed by atoms with Gasteiger partial charge in [0.2, 0.25) is 5.91 Å². The number of nitrogens with two attached hydrogens (primary N) is 1. The van der Waals surface area contributed by atoms with E-state index in [1.165, 1.54) is 0 Å². The summed E-state index contributed by atoms with van der Waals surface area (Å²) in [5.74, 6) is 0.764. The van der Waals surface area contributed by atoms with E-state index in [1.54, 1.807) is 11.8 Å². The molecule has 1 unspecified atom stereocenters. The van der Waals surface area contributed by atoms with Crippen molar-refractivity contribution in [2.24, 2.45) is 17.1 Å². The van der Waals surface area contributed by atoms with Gasteiger partial charge >= 0.3 is 0 Å². The van der Waals surface area contributed by atoms with Crippen molar-refractivity contribution in [1.29, 1.82) is 0 Å². The molecule has 1 aliphatic carbocycles. The third kappa shape index (κ3) is 2.28. The Morgan fingerprint density at radius 2 is 2.00 bits per heavy atom. The van der Waals surface area contributed by atoms with Crippen LogP contribution < -0.4 is 5.73 Å². The van der Waals surface area contributed by atoms with E-state index in [0.29, 0.717) is 19.0 Å². The van der Waals surface area contributed by atoms with Crippen LogP contribution in [0.5, 0.6) is 0 Å². The van der Waals surface area contributed by atoms with Gasteiger partial charge < -0.3 is 10.6 Å². The van der Waals surface area contributed by atoms with Gasteiger partial charge in [-0.3, -0.25) is 4.79 Å². The van der Waals surface area contributed by atoms with E-state index in [4.69, 9.17) is 5.73 Å². The van der Waals surface area contributed by atoms with Crippen molar-refractivity contribution < 1.29 is 13.2 Å². The first-order valence-corrected chi connectivity index (χ1v) is 8.33. The third-order valence-electron chi connectivity index (χ3n) is 4.25. The van der Waals surface area contributed by atoms with Crippen LogP contribution in [0.1, 0.15) is 26.7 Å². The van der Waals surface area contributed by atoms with Gasteiger partial charge in [-0.2, -0.15) is 0 Å². The van der Waals surface area contributed by atoms with Crippen LogP contribution in [-0.4, -0.2) is 49.9 Å². The van der Waals surface area contributed by atoms with Crippen molar-refractivity contribution in [1.82, 2.24) is 4.90 Å². The molecule has 2 N–H and O–H groups in total. The molecular formula is C12H22N2O3S. The second-order valence-corrected chi connectivity index (χ2v) is 8.19. The van der Waals surface area contributed by atoms with E-state index in [2.05, 4.69) is 6.92 Å². The van der Waals surface area contributed by atoms with Gasteiger partial charge in [0.05, 0.1) is 16.9 Å². The van der Waals surface area contributed by atoms with Gasteiger partial charge in [0.1, 0.15) is 0 Å². The molecule has 0 bridgehead atoms. The summed E-state index contributed by atoms with van der Waals surface area (Å²) in [6.07, 6.45) is 1.66. The first kappa shape index (κ1) is 13.8. The van der Waals surface area contributed by atoms with Crippen molar-refractivity contribution in [2.75, 3.05) is 24.6 Å².